The third kappa shape index (κ3) is 5.65. The van der Waals surface area contributed by atoms with Crippen LogP contribution in [0.15, 0.2) is 30.5 Å². The Hall–Kier alpha value is -2.21. The summed E-state index contributed by atoms with van der Waals surface area (Å²) in [4.78, 5) is 26.6. The number of nitrogens with zero attached hydrogens (tertiary/aromatic N) is 1. The number of rotatable bonds is 3. The number of carbonyl (C=O) groups is 2. The van der Waals surface area contributed by atoms with Gasteiger partial charge in [0, 0.05) is 11.9 Å². The number of amides is 2. The molecular weight excluding hydrogens is 282 g/mol. The molecule has 2 amide bonds. The van der Waals surface area contributed by atoms with Crippen molar-refractivity contribution in [2.24, 2.45) is 5.73 Å². The standard InChI is InChI=1S/C12H15N3O3.C4H8/c1-7-2-3-10(18-7)12(17)15-8-4-5-14-9(6-8)11(13)16;1-3-4-2/h4-7,10H,2-3H2,1H3,(H2,13,16)(H,14,15,17);3-4H,1-2H3/b;4-3-. The normalized spacial score (nSPS) is 20.3. The number of carbonyl (C=O) groups excluding carboxylic acids is 2. The van der Waals surface area contributed by atoms with Gasteiger partial charge in [-0.05, 0) is 45.7 Å². The fourth-order valence-corrected chi connectivity index (χ4v) is 1.86. The van der Waals surface area contributed by atoms with Gasteiger partial charge in [-0.1, -0.05) is 12.2 Å². The summed E-state index contributed by atoms with van der Waals surface area (Å²) in [6, 6.07) is 3.04. The van der Waals surface area contributed by atoms with Gasteiger partial charge in [-0.3, -0.25) is 14.6 Å². The first-order valence-electron chi connectivity index (χ1n) is 7.27. The van der Waals surface area contributed by atoms with Crippen molar-refractivity contribution in [3.05, 3.63) is 36.2 Å². The summed E-state index contributed by atoms with van der Waals surface area (Å²) < 4.78 is 5.45. The molecule has 0 spiro atoms. The van der Waals surface area contributed by atoms with Crippen molar-refractivity contribution in [2.45, 2.75) is 45.8 Å². The minimum Gasteiger partial charge on any atom is -0.365 e. The first-order chi connectivity index (χ1) is 10.5. The first kappa shape index (κ1) is 17.8. The zero-order valence-corrected chi connectivity index (χ0v) is 13.2. The smallest absolute Gasteiger partial charge is 0.267 e. The van der Waals surface area contributed by atoms with Crippen LogP contribution in [-0.2, 0) is 9.53 Å². The number of hydrogen-bond donors (Lipinski definition) is 2. The van der Waals surface area contributed by atoms with Crippen LogP contribution in [0.5, 0.6) is 0 Å². The molecule has 1 aliphatic rings. The summed E-state index contributed by atoms with van der Waals surface area (Å²) in [7, 11) is 0. The van der Waals surface area contributed by atoms with Crippen LogP contribution in [-0.4, -0.2) is 29.0 Å². The van der Waals surface area contributed by atoms with Gasteiger partial charge in [-0.25, -0.2) is 0 Å². The minimum atomic E-state index is -0.628. The summed E-state index contributed by atoms with van der Waals surface area (Å²) in [5.41, 5.74) is 5.73. The fraction of sp³-hybridized carbons (Fsp3) is 0.438. The highest BCUT2D eigenvalue weighted by Crippen LogP contribution is 2.20. The average molecular weight is 305 g/mol. The van der Waals surface area contributed by atoms with Gasteiger partial charge in [0.05, 0.1) is 6.10 Å². The molecule has 1 fully saturated rings. The quantitative estimate of drug-likeness (QED) is 0.837. The van der Waals surface area contributed by atoms with Crippen LogP contribution in [0.1, 0.15) is 44.1 Å². The third-order valence-corrected chi connectivity index (χ3v) is 3.14. The number of hydrogen-bond acceptors (Lipinski definition) is 4. The summed E-state index contributed by atoms with van der Waals surface area (Å²) in [5.74, 6) is -0.835. The summed E-state index contributed by atoms with van der Waals surface area (Å²) in [6.07, 6.45) is 6.69. The first-order valence-corrected chi connectivity index (χ1v) is 7.27. The van der Waals surface area contributed by atoms with Crippen molar-refractivity contribution in [3.63, 3.8) is 0 Å². The second kappa shape index (κ2) is 8.94. The molecule has 2 unspecified atom stereocenters. The maximum absolute atomic E-state index is 11.9. The largest absolute Gasteiger partial charge is 0.365 e. The van der Waals surface area contributed by atoms with Gasteiger partial charge < -0.3 is 15.8 Å². The molecule has 22 heavy (non-hydrogen) atoms. The van der Waals surface area contributed by atoms with Crippen LogP contribution in [0.3, 0.4) is 0 Å². The molecule has 1 aromatic rings. The number of nitrogens with one attached hydrogen (secondary N) is 1. The van der Waals surface area contributed by atoms with E-state index in [0.717, 1.165) is 6.42 Å². The highest BCUT2D eigenvalue weighted by atomic mass is 16.5. The maximum atomic E-state index is 11.9. The van der Waals surface area contributed by atoms with E-state index < -0.39 is 12.0 Å². The van der Waals surface area contributed by atoms with Crippen molar-refractivity contribution in [1.82, 2.24) is 4.98 Å². The Bertz CT molecular complexity index is 539. The molecule has 3 N–H and O–H groups in total. The topological polar surface area (TPSA) is 94.3 Å². The predicted octanol–water partition coefficient (Wildman–Crippen LogP) is 2.27. The predicted molar refractivity (Wildman–Crippen MR) is 85.4 cm³/mol. The molecule has 2 atom stereocenters. The molecule has 2 rings (SSSR count). The van der Waals surface area contributed by atoms with E-state index in [2.05, 4.69) is 10.3 Å². The molecule has 1 saturated heterocycles. The molecule has 0 aliphatic carbocycles. The number of aromatic nitrogens is 1. The van der Waals surface area contributed by atoms with Gasteiger partial charge in [0.1, 0.15) is 11.8 Å². The van der Waals surface area contributed by atoms with Gasteiger partial charge in [0.25, 0.3) is 11.8 Å². The molecule has 120 valence electrons. The van der Waals surface area contributed by atoms with E-state index in [1.165, 1.54) is 12.3 Å². The summed E-state index contributed by atoms with van der Waals surface area (Å²) >= 11 is 0. The highest BCUT2D eigenvalue weighted by molar-refractivity contribution is 5.96. The Morgan fingerprint density at radius 3 is 2.55 bits per heavy atom. The summed E-state index contributed by atoms with van der Waals surface area (Å²) in [6.45, 7) is 5.94. The number of primary amides is 1. The van der Waals surface area contributed by atoms with E-state index in [1.807, 2.05) is 32.9 Å². The van der Waals surface area contributed by atoms with Gasteiger partial charge >= 0.3 is 0 Å². The molecule has 0 bridgehead atoms. The molecule has 0 saturated carbocycles. The highest BCUT2D eigenvalue weighted by Gasteiger charge is 2.28. The lowest BCUT2D eigenvalue weighted by molar-refractivity contribution is -0.126. The number of nitrogens with two attached hydrogens (primary N) is 1. The van der Waals surface area contributed by atoms with Gasteiger partial charge in [0.15, 0.2) is 0 Å². The molecule has 6 heteroatoms. The number of allylic oxidation sites excluding steroid dienone is 2. The second-order valence-electron chi connectivity index (χ2n) is 4.96. The lowest BCUT2D eigenvalue weighted by atomic mass is 10.2. The van der Waals surface area contributed by atoms with Gasteiger partial charge in [0.2, 0.25) is 0 Å². The molecule has 1 aromatic heterocycles. The zero-order valence-electron chi connectivity index (χ0n) is 13.2. The lowest BCUT2D eigenvalue weighted by Crippen LogP contribution is -2.28. The Balaban J connectivity index is 0.000000541. The van der Waals surface area contributed by atoms with Crippen molar-refractivity contribution in [1.29, 1.82) is 0 Å². The van der Waals surface area contributed by atoms with Crippen molar-refractivity contribution < 1.29 is 14.3 Å². The van der Waals surface area contributed by atoms with Crippen molar-refractivity contribution in [2.75, 3.05) is 5.32 Å². The molecule has 1 aliphatic heterocycles. The minimum absolute atomic E-state index is 0.111. The second-order valence-corrected chi connectivity index (χ2v) is 4.96. The molecule has 0 radical (unpaired) electrons. The zero-order chi connectivity index (χ0) is 16.5. The van der Waals surface area contributed by atoms with E-state index in [-0.39, 0.29) is 17.7 Å². The van der Waals surface area contributed by atoms with Crippen LogP contribution in [0.2, 0.25) is 0 Å². The van der Waals surface area contributed by atoms with E-state index >= 15 is 0 Å². The average Bonchev–Trinajstić information content (AvgIpc) is 2.94. The van der Waals surface area contributed by atoms with E-state index in [9.17, 15) is 9.59 Å². The number of anilines is 1. The molecular formula is C16H23N3O3. The van der Waals surface area contributed by atoms with E-state index in [4.69, 9.17) is 10.5 Å². The Kier molecular flexibility index (Phi) is 7.25. The fourth-order valence-electron chi connectivity index (χ4n) is 1.86. The monoisotopic (exact) mass is 305 g/mol. The van der Waals surface area contributed by atoms with Crippen LogP contribution < -0.4 is 11.1 Å². The third-order valence-electron chi connectivity index (χ3n) is 3.14. The van der Waals surface area contributed by atoms with Crippen LogP contribution >= 0.6 is 0 Å². The van der Waals surface area contributed by atoms with Crippen LogP contribution in [0, 0.1) is 0 Å². The molecule has 2 heterocycles. The Labute approximate surface area is 130 Å². The van der Waals surface area contributed by atoms with Gasteiger partial charge in [-0.15, -0.1) is 0 Å². The number of ether oxygens (including phenoxy) is 1. The summed E-state index contributed by atoms with van der Waals surface area (Å²) in [5, 5.41) is 2.69. The van der Waals surface area contributed by atoms with E-state index in [1.54, 1.807) is 6.07 Å². The lowest BCUT2D eigenvalue weighted by Gasteiger charge is -2.11. The Morgan fingerprint density at radius 2 is 2.05 bits per heavy atom. The van der Waals surface area contributed by atoms with Crippen LogP contribution in [0.25, 0.3) is 0 Å². The Morgan fingerprint density at radius 1 is 1.36 bits per heavy atom. The number of pyridine rings is 1. The van der Waals surface area contributed by atoms with Crippen molar-refractivity contribution >= 4 is 17.5 Å². The molecule has 6 nitrogen and oxygen atoms in total. The SMILES string of the molecule is C/C=C\C.CC1CCC(C(=O)Nc2ccnc(C(N)=O)c2)O1. The molecule has 0 aromatic carbocycles. The van der Waals surface area contributed by atoms with Crippen LogP contribution in [0.4, 0.5) is 5.69 Å². The van der Waals surface area contributed by atoms with Gasteiger partial charge in [-0.2, -0.15) is 0 Å². The van der Waals surface area contributed by atoms with E-state index in [0.29, 0.717) is 12.1 Å². The maximum Gasteiger partial charge on any atom is 0.267 e. The van der Waals surface area contributed by atoms with Crippen molar-refractivity contribution in [3.8, 4) is 0 Å².